The Balaban J connectivity index is 3.14. The predicted molar refractivity (Wildman–Crippen MR) is 34.6 cm³/mol. The Morgan fingerprint density at radius 1 is 1.43 bits per heavy atom. The second kappa shape index (κ2) is 3.12. The normalized spacial score (nSPS) is 18.7. The molecule has 1 heteroatoms. The maximum Gasteiger partial charge on any atom is 0.0699 e. The average molecular weight is 96.0 g/mol. The molecule has 0 heterocycles. The lowest BCUT2D eigenvalue weighted by Crippen LogP contribution is -1.98. The lowest BCUT2D eigenvalue weighted by Gasteiger charge is -2.11. The Bertz CT molecular complexity index is 41.4. The molecule has 0 rings (SSSR count). The molecule has 0 aliphatic rings. The van der Waals surface area contributed by atoms with Gasteiger partial charge in [0.2, 0.25) is 0 Å². The van der Waals surface area contributed by atoms with Gasteiger partial charge in [0.05, 0.1) is 7.85 Å². The van der Waals surface area contributed by atoms with Gasteiger partial charge in [-0.3, -0.25) is 0 Å². The van der Waals surface area contributed by atoms with Crippen molar-refractivity contribution in [3.05, 3.63) is 0 Å². The highest BCUT2D eigenvalue weighted by atomic mass is 14.0. The molecule has 0 unspecified atom stereocenters. The van der Waals surface area contributed by atoms with Crippen LogP contribution in [0.2, 0.25) is 5.82 Å². The maximum atomic E-state index is 5.55. The van der Waals surface area contributed by atoms with Crippen molar-refractivity contribution in [2.45, 2.75) is 33.0 Å². The summed E-state index contributed by atoms with van der Waals surface area (Å²) in [6.07, 6.45) is 1.19. The lowest BCUT2D eigenvalue weighted by atomic mass is 9.78. The predicted octanol–water partition coefficient (Wildman–Crippen LogP) is 2.01. The molecule has 0 amide bonds. The van der Waals surface area contributed by atoms with Crippen LogP contribution in [-0.4, -0.2) is 7.85 Å². The molecule has 0 saturated carbocycles. The molecule has 40 valence electrons. The molecule has 2 atom stereocenters. The first-order chi connectivity index (χ1) is 3.18. The number of hydrogen-bond donors (Lipinski definition) is 0. The topological polar surface area (TPSA) is 0 Å². The molecule has 0 aromatic heterocycles. The van der Waals surface area contributed by atoms with Crippen molar-refractivity contribution in [1.29, 1.82) is 0 Å². The summed E-state index contributed by atoms with van der Waals surface area (Å²) >= 11 is 0. The summed E-state index contributed by atoms with van der Waals surface area (Å²) in [4.78, 5) is 0. The Kier molecular flexibility index (Phi) is 3.15. The molecule has 0 saturated heterocycles. The highest BCUT2D eigenvalue weighted by molar-refractivity contribution is 6.11. The highest BCUT2D eigenvalue weighted by Crippen LogP contribution is 2.14. The summed E-state index contributed by atoms with van der Waals surface area (Å²) < 4.78 is 0. The summed E-state index contributed by atoms with van der Waals surface area (Å²) in [5.41, 5.74) is 0. The van der Waals surface area contributed by atoms with Crippen molar-refractivity contribution in [1.82, 2.24) is 0 Å². The highest BCUT2D eigenvalue weighted by Gasteiger charge is 2.00. The van der Waals surface area contributed by atoms with Gasteiger partial charge in [-0.1, -0.05) is 33.0 Å². The minimum atomic E-state index is 0.366. The van der Waals surface area contributed by atoms with Gasteiger partial charge in [-0.25, -0.2) is 0 Å². The molecule has 0 aromatic carbocycles. The molecule has 2 radical (unpaired) electrons. The molecule has 7 heavy (non-hydrogen) atoms. The fourth-order valence-electron chi connectivity index (χ4n) is 0.372. The van der Waals surface area contributed by atoms with Crippen molar-refractivity contribution < 1.29 is 0 Å². The van der Waals surface area contributed by atoms with Gasteiger partial charge < -0.3 is 0 Å². The summed E-state index contributed by atoms with van der Waals surface area (Å²) in [6, 6.07) is 0. The van der Waals surface area contributed by atoms with E-state index >= 15 is 0 Å². The van der Waals surface area contributed by atoms with Gasteiger partial charge >= 0.3 is 0 Å². The van der Waals surface area contributed by atoms with E-state index in [1.807, 2.05) is 6.92 Å². The van der Waals surface area contributed by atoms with Gasteiger partial charge in [0, 0.05) is 0 Å². The summed E-state index contributed by atoms with van der Waals surface area (Å²) in [5.74, 6) is 1.05. The zero-order valence-electron chi connectivity index (χ0n) is 5.44. The van der Waals surface area contributed by atoms with Gasteiger partial charge in [0.1, 0.15) is 0 Å². The van der Waals surface area contributed by atoms with Gasteiger partial charge in [0.15, 0.2) is 0 Å². The molecule has 0 aliphatic carbocycles. The standard InChI is InChI=1S/C6H13B/c1-4-5(2)6(3)7/h5-6H,4H2,1-3H3/t5-,6+/m1/s1. The van der Waals surface area contributed by atoms with Gasteiger partial charge in [-0.15, -0.1) is 0 Å². The fourth-order valence-corrected chi connectivity index (χ4v) is 0.372. The van der Waals surface area contributed by atoms with Crippen molar-refractivity contribution in [2.75, 3.05) is 0 Å². The molecule has 0 aromatic rings. The minimum Gasteiger partial charge on any atom is -0.0777 e. The van der Waals surface area contributed by atoms with E-state index in [1.165, 1.54) is 6.42 Å². The third-order valence-corrected chi connectivity index (χ3v) is 1.54. The van der Waals surface area contributed by atoms with Crippen LogP contribution in [0.15, 0.2) is 0 Å². The monoisotopic (exact) mass is 96.1 g/mol. The minimum absolute atomic E-state index is 0.366. The Hall–Kier alpha value is 0.0649. The van der Waals surface area contributed by atoms with E-state index in [0.29, 0.717) is 11.7 Å². The Morgan fingerprint density at radius 2 is 1.86 bits per heavy atom. The van der Waals surface area contributed by atoms with Crippen LogP contribution < -0.4 is 0 Å². The van der Waals surface area contributed by atoms with Crippen LogP contribution in [0.4, 0.5) is 0 Å². The molecular weight excluding hydrogens is 82.9 g/mol. The second-order valence-electron chi connectivity index (χ2n) is 2.24. The Labute approximate surface area is 47.7 Å². The summed E-state index contributed by atoms with van der Waals surface area (Å²) in [7, 11) is 5.55. The molecular formula is C6H13B. The number of hydrogen-bond acceptors (Lipinski definition) is 0. The van der Waals surface area contributed by atoms with Crippen molar-refractivity contribution in [3.8, 4) is 0 Å². The van der Waals surface area contributed by atoms with E-state index in [-0.39, 0.29) is 0 Å². The van der Waals surface area contributed by atoms with E-state index in [4.69, 9.17) is 7.85 Å². The molecule has 0 aliphatic heterocycles. The largest absolute Gasteiger partial charge is 0.0777 e. The van der Waals surface area contributed by atoms with Crippen LogP contribution in [0.1, 0.15) is 27.2 Å². The first kappa shape index (κ1) is 7.06. The Morgan fingerprint density at radius 3 is 1.86 bits per heavy atom. The van der Waals surface area contributed by atoms with Crippen molar-refractivity contribution in [2.24, 2.45) is 5.92 Å². The third kappa shape index (κ3) is 2.72. The second-order valence-corrected chi connectivity index (χ2v) is 2.24. The zero-order valence-corrected chi connectivity index (χ0v) is 5.44. The smallest absolute Gasteiger partial charge is 0.0699 e. The van der Waals surface area contributed by atoms with Crippen LogP contribution in [0.3, 0.4) is 0 Å². The maximum absolute atomic E-state index is 5.55. The van der Waals surface area contributed by atoms with Gasteiger partial charge in [0.25, 0.3) is 0 Å². The third-order valence-electron chi connectivity index (χ3n) is 1.54. The lowest BCUT2D eigenvalue weighted by molar-refractivity contribution is 0.544. The molecule has 0 fully saturated rings. The van der Waals surface area contributed by atoms with Crippen LogP contribution in [0, 0.1) is 5.92 Å². The van der Waals surface area contributed by atoms with Crippen LogP contribution >= 0.6 is 0 Å². The molecule has 0 bridgehead atoms. The zero-order chi connectivity index (χ0) is 5.86. The van der Waals surface area contributed by atoms with Gasteiger partial charge in [-0.2, -0.15) is 0 Å². The van der Waals surface area contributed by atoms with Crippen molar-refractivity contribution in [3.63, 3.8) is 0 Å². The summed E-state index contributed by atoms with van der Waals surface area (Å²) in [5, 5.41) is 0. The number of rotatable bonds is 2. The van der Waals surface area contributed by atoms with Crippen LogP contribution in [0.5, 0.6) is 0 Å². The SMILES string of the molecule is [B][C@@H](C)[C@H](C)CC. The summed E-state index contributed by atoms with van der Waals surface area (Å²) in [6.45, 7) is 6.38. The van der Waals surface area contributed by atoms with Gasteiger partial charge in [-0.05, 0) is 5.92 Å². The first-order valence-electron chi connectivity index (χ1n) is 2.94. The van der Waals surface area contributed by atoms with E-state index < -0.39 is 0 Å². The average Bonchev–Trinajstić information content (AvgIpc) is 1.65. The van der Waals surface area contributed by atoms with E-state index in [0.717, 1.165) is 0 Å². The quantitative estimate of drug-likeness (QED) is 0.461. The fraction of sp³-hybridized carbons (Fsp3) is 1.00. The van der Waals surface area contributed by atoms with E-state index in [9.17, 15) is 0 Å². The van der Waals surface area contributed by atoms with Crippen LogP contribution in [0.25, 0.3) is 0 Å². The molecule has 0 spiro atoms. The van der Waals surface area contributed by atoms with E-state index in [1.54, 1.807) is 0 Å². The molecule has 0 N–H and O–H groups in total. The van der Waals surface area contributed by atoms with E-state index in [2.05, 4.69) is 13.8 Å². The first-order valence-corrected chi connectivity index (χ1v) is 2.94. The molecule has 0 nitrogen and oxygen atoms in total. The van der Waals surface area contributed by atoms with Crippen molar-refractivity contribution >= 4 is 7.85 Å². The van der Waals surface area contributed by atoms with Crippen LogP contribution in [-0.2, 0) is 0 Å².